The number of alkyl halides is 3. The monoisotopic (exact) mass is 234 g/mol. The first kappa shape index (κ1) is 11.0. The lowest BCUT2D eigenvalue weighted by Gasteiger charge is -2.07. The second kappa shape index (κ2) is 3.23. The molecule has 0 unspecified atom stereocenters. The highest BCUT2D eigenvalue weighted by molar-refractivity contribution is 5.88. The van der Waals surface area contributed by atoms with Crippen molar-refractivity contribution >= 4 is 5.97 Å². The second-order valence-corrected chi connectivity index (χ2v) is 3.81. The van der Waals surface area contributed by atoms with Crippen molar-refractivity contribution < 1.29 is 23.1 Å². The number of hydrogen-bond acceptors (Lipinski definition) is 2. The number of aryl methyl sites for hydroxylation is 1. The third-order valence-electron chi connectivity index (χ3n) is 2.52. The first-order chi connectivity index (χ1) is 7.32. The van der Waals surface area contributed by atoms with Gasteiger partial charge in [-0.1, -0.05) is 0 Å². The van der Waals surface area contributed by atoms with E-state index in [2.05, 4.69) is 5.10 Å². The van der Waals surface area contributed by atoms with Crippen molar-refractivity contribution in [2.75, 3.05) is 0 Å². The predicted octanol–water partition coefficient (Wildman–Crippen LogP) is 2.01. The van der Waals surface area contributed by atoms with Crippen molar-refractivity contribution in [3.05, 3.63) is 17.0 Å². The largest absolute Gasteiger partial charge is 0.477 e. The smallest absolute Gasteiger partial charge is 0.420 e. The van der Waals surface area contributed by atoms with Gasteiger partial charge >= 0.3 is 12.1 Å². The summed E-state index contributed by atoms with van der Waals surface area (Å²) in [7, 11) is 1.21. The van der Waals surface area contributed by atoms with E-state index in [9.17, 15) is 18.0 Å². The van der Waals surface area contributed by atoms with E-state index in [-0.39, 0.29) is 11.6 Å². The van der Waals surface area contributed by atoms with Gasteiger partial charge in [-0.3, -0.25) is 4.68 Å². The molecule has 0 atom stereocenters. The third kappa shape index (κ3) is 1.66. The zero-order valence-corrected chi connectivity index (χ0v) is 8.38. The molecule has 0 aliphatic heterocycles. The number of aromatic carboxylic acids is 1. The molecule has 4 nitrogen and oxygen atoms in total. The lowest BCUT2D eigenvalue weighted by molar-refractivity contribution is -0.138. The van der Waals surface area contributed by atoms with Crippen LogP contribution in [0.1, 0.15) is 40.5 Å². The summed E-state index contributed by atoms with van der Waals surface area (Å²) in [4.78, 5) is 10.8. The minimum Gasteiger partial charge on any atom is -0.477 e. The molecule has 0 radical (unpaired) electrons. The SMILES string of the molecule is Cn1nc(C2CC2)c(C(F)(F)F)c1C(=O)O. The van der Waals surface area contributed by atoms with Gasteiger partial charge in [0.25, 0.3) is 0 Å². The minimum absolute atomic E-state index is 0.132. The number of rotatable bonds is 2. The molecule has 0 aromatic carbocycles. The van der Waals surface area contributed by atoms with E-state index >= 15 is 0 Å². The first-order valence-corrected chi connectivity index (χ1v) is 4.69. The number of halogens is 3. The molecule has 0 bridgehead atoms. The van der Waals surface area contributed by atoms with Crippen LogP contribution in [0.4, 0.5) is 13.2 Å². The number of hydrogen-bond donors (Lipinski definition) is 1. The molecule has 1 heterocycles. The highest BCUT2D eigenvalue weighted by Crippen LogP contribution is 2.46. The van der Waals surface area contributed by atoms with Crippen molar-refractivity contribution in [1.82, 2.24) is 9.78 Å². The predicted molar refractivity (Wildman–Crippen MR) is 47.1 cm³/mol. The molecule has 0 saturated heterocycles. The van der Waals surface area contributed by atoms with Crippen LogP contribution in [0.2, 0.25) is 0 Å². The molecule has 1 aromatic rings. The molecule has 1 saturated carbocycles. The summed E-state index contributed by atoms with van der Waals surface area (Å²) in [6.07, 6.45) is -3.39. The van der Waals surface area contributed by atoms with Gasteiger partial charge in [0.05, 0.1) is 5.69 Å². The van der Waals surface area contributed by atoms with Gasteiger partial charge in [0.15, 0.2) is 5.69 Å². The van der Waals surface area contributed by atoms with Crippen molar-refractivity contribution in [3.63, 3.8) is 0 Å². The van der Waals surface area contributed by atoms with Gasteiger partial charge in [-0.25, -0.2) is 4.79 Å². The highest BCUT2D eigenvalue weighted by atomic mass is 19.4. The zero-order chi connectivity index (χ0) is 12.1. The van der Waals surface area contributed by atoms with Crippen LogP contribution in [-0.2, 0) is 13.2 Å². The molecule has 2 rings (SSSR count). The summed E-state index contributed by atoms with van der Waals surface area (Å²) in [5.74, 6) is -1.84. The number of carboxylic acid groups (broad SMARTS) is 1. The Labute approximate surface area is 88.7 Å². The first-order valence-electron chi connectivity index (χ1n) is 4.69. The summed E-state index contributed by atoms with van der Waals surface area (Å²) < 4.78 is 39.1. The van der Waals surface area contributed by atoms with Gasteiger partial charge in [-0.2, -0.15) is 18.3 Å². The summed E-state index contributed by atoms with van der Waals surface area (Å²) in [6.45, 7) is 0. The summed E-state index contributed by atoms with van der Waals surface area (Å²) in [6, 6.07) is 0. The number of aromatic nitrogens is 2. The zero-order valence-electron chi connectivity index (χ0n) is 8.38. The van der Waals surface area contributed by atoms with Crippen molar-refractivity contribution in [3.8, 4) is 0 Å². The molecule has 1 fully saturated rings. The van der Waals surface area contributed by atoms with Crippen molar-refractivity contribution in [1.29, 1.82) is 0 Å². The summed E-state index contributed by atoms with van der Waals surface area (Å²) in [5.41, 5.74) is -2.01. The fourth-order valence-corrected chi connectivity index (χ4v) is 1.71. The van der Waals surface area contributed by atoms with Gasteiger partial charge in [-0.15, -0.1) is 0 Å². The lowest BCUT2D eigenvalue weighted by Crippen LogP contribution is -2.15. The van der Waals surface area contributed by atoms with E-state index in [0.29, 0.717) is 12.8 Å². The minimum atomic E-state index is -4.67. The Hall–Kier alpha value is -1.53. The van der Waals surface area contributed by atoms with Crippen molar-refractivity contribution in [2.45, 2.75) is 24.9 Å². The molecule has 88 valence electrons. The van der Waals surface area contributed by atoms with Crippen LogP contribution in [0, 0.1) is 0 Å². The average Bonchev–Trinajstić information content (AvgIpc) is 2.87. The maximum Gasteiger partial charge on any atom is 0.420 e. The van der Waals surface area contributed by atoms with Crippen LogP contribution in [0.3, 0.4) is 0 Å². The van der Waals surface area contributed by atoms with E-state index < -0.39 is 23.4 Å². The Bertz CT molecular complexity index is 446. The van der Waals surface area contributed by atoms with Crippen LogP contribution in [0.15, 0.2) is 0 Å². The van der Waals surface area contributed by atoms with E-state index in [1.807, 2.05) is 0 Å². The Morgan fingerprint density at radius 1 is 1.50 bits per heavy atom. The lowest BCUT2D eigenvalue weighted by atomic mass is 10.1. The van der Waals surface area contributed by atoms with Crippen molar-refractivity contribution in [2.24, 2.45) is 7.05 Å². The van der Waals surface area contributed by atoms with Gasteiger partial charge in [0.1, 0.15) is 5.56 Å². The Morgan fingerprint density at radius 2 is 2.06 bits per heavy atom. The standard InChI is InChI=1S/C9H9F3N2O2/c1-14-7(8(15)16)5(9(10,11)12)6(13-14)4-2-3-4/h4H,2-3H2,1H3,(H,15,16). The van der Waals surface area contributed by atoms with Crippen LogP contribution >= 0.6 is 0 Å². The van der Waals surface area contributed by atoms with E-state index in [0.717, 1.165) is 4.68 Å². The normalized spacial score (nSPS) is 16.5. The second-order valence-electron chi connectivity index (χ2n) is 3.81. The van der Waals surface area contributed by atoms with Gasteiger partial charge in [-0.05, 0) is 12.8 Å². The van der Waals surface area contributed by atoms with E-state index in [1.165, 1.54) is 7.05 Å². The number of carbonyl (C=O) groups is 1. The molecule has 1 aliphatic carbocycles. The third-order valence-corrected chi connectivity index (χ3v) is 2.52. The maximum absolute atomic E-state index is 12.8. The van der Waals surface area contributed by atoms with Crippen LogP contribution in [0.5, 0.6) is 0 Å². The van der Waals surface area contributed by atoms with E-state index in [4.69, 9.17) is 5.11 Å². The molecule has 1 aromatic heterocycles. The molecule has 0 amide bonds. The van der Waals surface area contributed by atoms with Gasteiger partial charge in [0.2, 0.25) is 0 Å². The molecule has 1 aliphatic rings. The summed E-state index contributed by atoms with van der Waals surface area (Å²) in [5, 5.41) is 12.4. The van der Waals surface area contributed by atoms with Gasteiger partial charge in [0, 0.05) is 13.0 Å². The Kier molecular flexibility index (Phi) is 2.21. The molecule has 16 heavy (non-hydrogen) atoms. The average molecular weight is 234 g/mol. The van der Waals surface area contributed by atoms with Crippen LogP contribution in [0.25, 0.3) is 0 Å². The Morgan fingerprint density at radius 3 is 2.44 bits per heavy atom. The fraction of sp³-hybridized carbons (Fsp3) is 0.556. The fourth-order valence-electron chi connectivity index (χ4n) is 1.71. The maximum atomic E-state index is 12.8. The number of nitrogens with zero attached hydrogens (tertiary/aromatic N) is 2. The molecular formula is C9H9F3N2O2. The molecular weight excluding hydrogens is 225 g/mol. The van der Waals surface area contributed by atoms with Gasteiger partial charge < -0.3 is 5.11 Å². The Balaban J connectivity index is 2.63. The molecule has 7 heteroatoms. The molecule has 1 N–H and O–H groups in total. The van der Waals surface area contributed by atoms with Crippen LogP contribution < -0.4 is 0 Å². The van der Waals surface area contributed by atoms with Crippen LogP contribution in [-0.4, -0.2) is 20.9 Å². The topological polar surface area (TPSA) is 55.1 Å². The number of carboxylic acids is 1. The quantitative estimate of drug-likeness (QED) is 0.851. The summed E-state index contributed by atoms with van der Waals surface area (Å²) >= 11 is 0. The van der Waals surface area contributed by atoms with E-state index in [1.54, 1.807) is 0 Å². The highest BCUT2D eigenvalue weighted by Gasteiger charge is 2.45. The molecule has 0 spiro atoms.